The molecule has 1 saturated heterocycles. The van der Waals surface area contributed by atoms with E-state index in [2.05, 4.69) is 20.8 Å². The minimum atomic E-state index is 0.163. The Kier molecular flexibility index (Phi) is 4.89. The second-order valence-corrected chi connectivity index (χ2v) is 12.2. The Balaban J connectivity index is 1.36. The average molecular weight is 413 g/mol. The predicted molar refractivity (Wildman–Crippen MR) is 118 cm³/mol. The van der Waals surface area contributed by atoms with Crippen molar-refractivity contribution in [1.82, 2.24) is 0 Å². The number of rotatable bonds is 5. The van der Waals surface area contributed by atoms with Gasteiger partial charge in [-0.3, -0.25) is 9.59 Å². The van der Waals surface area contributed by atoms with Crippen LogP contribution in [-0.4, -0.2) is 23.8 Å². The minimum Gasteiger partial charge on any atom is -0.365 e. The minimum absolute atomic E-state index is 0.163. The zero-order chi connectivity index (χ0) is 21.4. The van der Waals surface area contributed by atoms with E-state index >= 15 is 0 Å². The lowest BCUT2D eigenvalue weighted by Gasteiger charge is -2.57. The van der Waals surface area contributed by atoms with E-state index in [1.54, 1.807) is 0 Å². The molecule has 1 aliphatic heterocycles. The van der Waals surface area contributed by atoms with Crippen molar-refractivity contribution in [1.29, 1.82) is 0 Å². The van der Waals surface area contributed by atoms with Crippen molar-refractivity contribution in [2.75, 3.05) is 0 Å². The SMILES string of the molecule is CC(C)C(=O)CC[C@@H](C)[C@H]1CC[C@H]2[C@@H]3C4OC4C4=CC(=O)CC[C@]4(C)[C@H]3CC[C@]12C. The molecule has 166 valence electrons. The van der Waals surface area contributed by atoms with Crippen LogP contribution in [0.3, 0.4) is 0 Å². The Morgan fingerprint density at radius 3 is 2.63 bits per heavy atom. The molecule has 0 aromatic carbocycles. The fourth-order valence-electron chi connectivity index (χ4n) is 8.64. The van der Waals surface area contributed by atoms with E-state index in [1.165, 1.54) is 31.3 Å². The lowest BCUT2D eigenvalue weighted by Crippen LogP contribution is -2.53. The summed E-state index contributed by atoms with van der Waals surface area (Å²) in [6.45, 7) is 11.5. The number of carbonyl (C=O) groups excluding carboxylic acids is 2. The molecular formula is C27H40O3. The van der Waals surface area contributed by atoms with Gasteiger partial charge in [0.2, 0.25) is 0 Å². The molecular weight excluding hydrogens is 372 g/mol. The number of ether oxygens (including phenoxy) is 1. The van der Waals surface area contributed by atoms with Gasteiger partial charge in [0.1, 0.15) is 11.9 Å². The first-order chi connectivity index (χ1) is 14.2. The summed E-state index contributed by atoms with van der Waals surface area (Å²) < 4.78 is 6.32. The van der Waals surface area contributed by atoms with Crippen LogP contribution in [0, 0.1) is 46.3 Å². The van der Waals surface area contributed by atoms with Crippen molar-refractivity contribution in [2.24, 2.45) is 46.3 Å². The molecule has 5 rings (SSSR count). The highest BCUT2D eigenvalue weighted by atomic mass is 16.6. The molecule has 4 aliphatic carbocycles. The van der Waals surface area contributed by atoms with Crippen molar-refractivity contribution in [2.45, 2.75) is 98.2 Å². The van der Waals surface area contributed by atoms with Crippen LogP contribution in [0.2, 0.25) is 0 Å². The standard InChI is InChI=1S/C27H40O3/c1-15(2)22(29)9-6-16(3)18-7-8-19-23-20(11-13-26(18,19)4)27(5)12-10-17(28)14-21(27)24-25(23)30-24/h14-16,18-20,23-25H,6-13H2,1-5H3/t16-,18-,19+,20+,23+,24?,25?,26-,27-/m1/s1. The van der Waals surface area contributed by atoms with Gasteiger partial charge in [-0.2, -0.15) is 0 Å². The van der Waals surface area contributed by atoms with E-state index in [0.29, 0.717) is 47.3 Å². The Labute approximate surface area is 182 Å². The molecule has 0 spiro atoms. The number of carbonyl (C=O) groups is 2. The Hall–Kier alpha value is -0.960. The molecule has 2 unspecified atom stereocenters. The summed E-state index contributed by atoms with van der Waals surface area (Å²) in [4.78, 5) is 24.3. The summed E-state index contributed by atoms with van der Waals surface area (Å²) in [6.07, 6.45) is 11.3. The third-order valence-corrected chi connectivity index (χ3v) is 10.5. The maximum absolute atomic E-state index is 12.2. The first-order valence-corrected chi connectivity index (χ1v) is 12.6. The molecule has 0 aromatic rings. The number of ketones is 2. The van der Waals surface area contributed by atoms with Gasteiger partial charge in [-0.1, -0.05) is 34.6 Å². The molecule has 0 N–H and O–H groups in total. The largest absolute Gasteiger partial charge is 0.365 e. The molecule has 3 nitrogen and oxygen atoms in total. The summed E-state index contributed by atoms with van der Waals surface area (Å²) in [5, 5.41) is 0. The molecule has 0 aromatic heterocycles. The van der Waals surface area contributed by atoms with Gasteiger partial charge in [0, 0.05) is 18.8 Å². The summed E-state index contributed by atoms with van der Waals surface area (Å²) >= 11 is 0. The van der Waals surface area contributed by atoms with Crippen LogP contribution in [0.1, 0.15) is 86.0 Å². The molecule has 1 heterocycles. The summed E-state index contributed by atoms with van der Waals surface area (Å²) in [6, 6.07) is 0. The zero-order valence-electron chi connectivity index (χ0n) is 19.6. The normalized spacial score (nSPS) is 47.7. The number of hydrogen-bond acceptors (Lipinski definition) is 3. The highest BCUT2D eigenvalue weighted by molar-refractivity contribution is 5.92. The van der Waals surface area contributed by atoms with Crippen LogP contribution >= 0.6 is 0 Å². The number of epoxide rings is 1. The van der Waals surface area contributed by atoms with E-state index in [1.807, 2.05) is 19.9 Å². The Bertz CT molecular complexity index is 781. The highest BCUT2D eigenvalue weighted by Crippen LogP contribution is 2.70. The number of fused-ring (bicyclic) bond motifs is 8. The van der Waals surface area contributed by atoms with Crippen molar-refractivity contribution in [3.63, 3.8) is 0 Å². The first kappa shape index (κ1) is 20.9. The van der Waals surface area contributed by atoms with E-state index < -0.39 is 0 Å². The van der Waals surface area contributed by atoms with Gasteiger partial charge in [0.05, 0.1) is 6.10 Å². The van der Waals surface area contributed by atoms with Crippen molar-refractivity contribution in [3.05, 3.63) is 11.6 Å². The maximum Gasteiger partial charge on any atom is 0.155 e. The second kappa shape index (κ2) is 7.02. The molecule has 4 fully saturated rings. The molecule has 3 saturated carbocycles. The molecule has 0 radical (unpaired) electrons. The van der Waals surface area contributed by atoms with E-state index in [4.69, 9.17) is 4.74 Å². The summed E-state index contributed by atoms with van der Waals surface area (Å²) in [5.41, 5.74) is 1.90. The molecule has 9 atom stereocenters. The monoisotopic (exact) mass is 412 g/mol. The molecule has 0 bridgehead atoms. The van der Waals surface area contributed by atoms with E-state index in [-0.39, 0.29) is 17.4 Å². The molecule has 30 heavy (non-hydrogen) atoms. The van der Waals surface area contributed by atoms with Crippen LogP contribution in [-0.2, 0) is 14.3 Å². The summed E-state index contributed by atoms with van der Waals surface area (Å²) in [5.74, 6) is 4.34. The smallest absolute Gasteiger partial charge is 0.155 e. The van der Waals surface area contributed by atoms with Crippen LogP contribution in [0.15, 0.2) is 11.6 Å². The first-order valence-electron chi connectivity index (χ1n) is 12.6. The lowest BCUT2D eigenvalue weighted by atomic mass is 9.46. The van der Waals surface area contributed by atoms with Gasteiger partial charge in [-0.05, 0) is 90.6 Å². The predicted octanol–water partition coefficient (Wildman–Crippen LogP) is 5.76. The zero-order valence-corrected chi connectivity index (χ0v) is 19.6. The molecule has 5 aliphatic rings. The van der Waals surface area contributed by atoms with Gasteiger partial charge < -0.3 is 4.74 Å². The van der Waals surface area contributed by atoms with Crippen LogP contribution in [0.4, 0.5) is 0 Å². The highest BCUT2D eigenvalue weighted by Gasteiger charge is 2.69. The van der Waals surface area contributed by atoms with Crippen LogP contribution in [0.5, 0.6) is 0 Å². The third-order valence-electron chi connectivity index (χ3n) is 10.5. The van der Waals surface area contributed by atoms with Gasteiger partial charge >= 0.3 is 0 Å². The Morgan fingerprint density at radius 2 is 1.90 bits per heavy atom. The van der Waals surface area contributed by atoms with Crippen molar-refractivity contribution < 1.29 is 14.3 Å². The Morgan fingerprint density at radius 1 is 1.13 bits per heavy atom. The molecule has 0 amide bonds. The van der Waals surface area contributed by atoms with Crippen LogP contribution < -0.4 is 0 Å². The van der Waals surface area contributed by atoms with E-state index in [0.717, 1.165) is 31.1 Å². The molecule has 3 heteroatoms. The van der Waals surface area contributed by atoms with E-state index in [9.17, 15) is 9.59 Å². The fraction of sp³-hybridized carbons (Fsp3) is 0.852. The van der Waals surface area contributed by atoms with Crippen molar-refractivity contribution in [3.8, 4) is 0 Å². The topological polar surface area (TPSA) is 46.7 Å². The van der Waals surface area contributed by atoms with Gasteiger partial charge in [-0.25, -0.2) is 0 Å². The lowest BCUT2D eigenvalue weighted by molar-refractivity contribution is -0.122. The van der Waals surface area contributed by atoms with Crippen LogP contribution in [0.25, 0.3) is 0 Å². The van der Waals surface area contributed by atoms with Gasteiger partial charge in [0.25, 0.3) is 0 Å². The third kappa shape index (κ3) is 2.93. The van der Waals surface area contributed by atoms with Gasteiger partial charge in [0.15, 0.2) is 5.78 Å². The average Bonchev–Trinajstić information content (AvgIpc) is 3.41. The quantitative estimate of drug-likeness (QED) is 0.539. The maximum atomic E-state index is 12.2. The fourth-order valence-corrected chi connectivity index (χ4v) is 8.64. The summed E-state index contributed by atoms with van der Waals surface area (Å²) in [7, 11) is 0. The number of Topliss-reactive ketones (excluding diaryl/α,β-unsaturated/α-hetero) is 1. The van der Waals surface area contributed by atoms with Gasteiger partial charge in [-0.15, -0.1) is 0 Å². The second-order valence-electron chi connectivity index (χ2n) is 12.2. The number of hydrogen-bond donors (Lipinski definition) is 0. The van der Waals surface area contributed by atoms with Crippen molar-refractivity contribution >= 4 is 11.6 Å².